The Morgan fingerprint density at radius 3 is 2.14 bits per heavy atom. The van der Waals surface area contributed by atoms with E-state index >= 15 is 0 Å². The van der Waals surface area contributed by atoms with Crippen LogP contribution in [0.4, 0.5) is 15.8 Å². The summed E-state index contributed by atoms with van der Waals surface area (Å²) >= 11 is 6.00. The average Bonchev–Trinajstić information content (AvgIpc) is 3.45. The number of hydrogen-bond donors (Lipinski definition) is 0. The summed E-state index contributed by atoms with van der Waals surface area (Å²) < 4.78 is 20.1. The van der Waals surface area contributed by atoms with Crippen molar-refractivity contribution in [2.45, 2.75) is 11.7 Å². The Bertz CT molecular complexity index is 1540. The molecule has 1 spiro atoms. The molecule has 2 amide bonds. The van der Waals surface area contributed by atoms with Gasteiger partial charge in [0, 0.05) is 22.2 Å². The minimum absolute atomic E-state index is 0.0686. The molecule has 9 nitrogen and oxygen atoms in total. The molecule has 2 aliphatic heterocycles. The molecule has 1 aliphatic carbocycles. The maximum atomic E-state index is 14.0. The Hall–Kier alpha value is -4.28. The molecule has 0 bridgehead atoms. The van der Waals surface area contributed by atoms with Crippen molar-refractivity contribution in [3.8, 4) is 0 Å². The molecule has 3 aromatic rings. The Balaban J connectivity index is 1.54. The van der Waals surface area contributed by atoms with Crippen molar-refractivity contribution in [1.29, 1.82) is 0 Å². The smallest absolute Gasteiger partial charge is 0.306 e. The number of nitro benzene ring substituents is 1. The monoisotopic (exact) mass is 520 g/mol. The van der Waals surface area contributed by atoms with Crippen molar-refractivity contribution < 1.29 is 33.2 Å². The van der Waals surface area contributed by atoms with E-state index in [1.165, 1.54) is 24.3 Å². The fourth-order valence-electron chi connectivity index (χ4n) is 5.51. The Morgan fingerprint density at radius 2 is 1.54 bits per heavy atom. The normalized spacial score (nSPS) is 23.6. The van der Waals surface area contributed by atoms with Gasteiger partial charge >= 0.3 is 5.69 Å². The Labute approximate surface area is 212 Å². The van der Waals surface area contributed by atoms with Crippen LogP contribution in [0.5, 0.6) is 0 Å². The predicted octanol–water partition coefficient (Wildman–Crippen LogP) is 4.08. The number of ether oxygens (including phenoxy) is 1. The average molecular weight is 521 g/mol. The number of benzene rings is 3. The number of ketones is 2. The number of hydrogen-bond acceptors (Lipinski definition) is 7. The first-order valence-corrected chi connectivity index (χ1v) is 11.5. The van der Waals surface area contributed by atoms with Gasteiger partial charge in [-0.3, -0.25) is 29.3 Å². The molecule has 37 heavy (non-hydrogen) atoms. The van der Waals surface area contributed by atoms with Crippen molar-refractivity contribution in [2.75, 3.05) is 4.90 Å². The highest BCUT2D eigenvalue weighted by Gasteiger charge is 2.74. The minimum atomic E-state index is -2.30. The quantitative estimate of drug-likeness (QED) is 0.220. The molecule has 3 atom stereocenters. The molecule has 0 saturated carbocycles. The molecule has 3 aliphatic rings. The second-order valence-electron chi connectivity index (χ2n) is 8.94. The highest BCUT2D eigenvalue weighted by molar-refractivity contribution is 6.37. The maximum Gasteiger partial charge on any atom is 0.306 e. The third kappa shape index (κ3) is 3.00. The molecule has 0 radical (unpaired) electrons. The topological polar surface area (TPSA) is 124 Å². The molecule has 6 rings (SSSR count). The lowest BCUT2D eigenvalue weighted by Crippen LogP contribution is -2.51. The van der Waals surface area contributed by atoms with Crippen LogP contribution >= 0.6 is 11.6 Å². The fourth-order valence-corrected chi connectivity index (χ4v) is 5.63. The largest absolute Gasteiger partial charge is 0.349 e. The first-order chi connectivity index (χ1) is 17.7. The van der Waals surface area contributed by atoms with E-state index in [1.54, 1.807) is 24.3 Å². The van der Waals surface area contributed by atoms with Gasteiger partial charge in [0.1, 0.15) is 0 Å². The number of nitrogens with zero attached hydrogens (tertiary/aromatic N) is 2. The third-order valence-corrected chi connectivity index (χ3v) is 7.35. The molecular formula is C26H14ClFN2O7. The highest BCUT2D eigenvalue weighted by atomic mass is 35.5. The van der Waals surface area contributed by atoms with E-state index in [1.807, 2.05) is 0 Å². The number of amides is 2. The number of rotatable bonds is 3. The first kappa shape index (κ1) is 23.1. The van der Waals surface area contributed by atoms with Gasteiger partial charge in [-0.15, -0.1) is 0 Å². The van der Waals surface area contributed by atoms with Crippen LogP contribution in [0.2, 0.25) is 5.02 Å². The molecule has 184 valence electrons. The van der Waals surface area contributed by atoms with Gasteiger partial charge in [-0.05, 0) is 29.8 Å². The standard InChI is InChI=1S/C26H14ClFN2O7/c27-13-7-5-12(6-8-13)21-19-20(26(37-21)22(31)15-3-1-2-4-16(15)23(26)32)25(34)29(24(19)33)14-9-10-17(28)18(11-14)30(35)36/h1-11,19-21H/t19-,20+,21+/m1/s1. The van der Waals surface area contributed by atoms with Crippen molar-refractivity contribution in [2.24, 2.45) is 11.8 Å². The van der Waals surface area contributed by atoms with Crippen LogP contribution in [0.3, 0.4) is 0 Å². The molecular weight excluding hydrogens is 507 g/mol. The summed E-state index contributed by atoms with van der Waals surface area (Å²) in [5.74, 6) is -7.26. The van der Waals surface area contributed by atoms with Crippen LogP contribution in [-0.2, 0) is 14.3 Å². The summed E-state index contributed by atoms with van der Waals surface area (Å²) in [7, 11) is 0. The number of carbonyl (C=O) groups is 4. The lowest BCUT2D eigenvalue weighted by Gasteiger charge is -2.27. The summed E-state index contributed by atoms with van der Waals surface area (Å²) in [6.45, 7) is 0. The van der Waals surface area contributed by atoms with Gasteiger partial charge in [0.05, 0.1) is 28.6 Å². The van der Waals surface area contributed by atoms with Crippen molar-refractivity contribution >= 4 is 46.4 Å². The fraction of sp³-hybridized carbons (Fsp3) is 0.154. The van der Waals surface area contributed by atoms with Gasteiger partial charge in [-0.1, -0.05) is 48.0 Å². The van der Waals surface area contributed by atoms with Gasteiger partial charge in [-0.25, -0.2) is 4.90 Å². The van der Waals surface area contributed by atoms with E-state index < -0.39 is 63.3 Å². The molecule has 2 heterocycles. The Kier molecular flexibility index (Phi) is 4.91. The van der Waals surface area contributed by atoms with Gasteiger partial charge in [0.15, 0.2) is 0 Å². The second kappa shape index (κ2) is 7.86. The van der Waals surface area contributed by atoms with Crippen LogP contribution in [-0.4, -0.2) is 33.9 Å². The zero-order chi connectivity index (χ0) is 26.2. The summed E-state index contributed by atoms with van der Waals surface area (Å²) in [6, 6.07) is 14.8. The number of Topliss-reactive ketones (excluding diaryl/α,β-unsaturated/α-hetero) is 2. The minimum Gasteiger partial charge on any atom is -0.349 e. The van der Waals surface area contributed by atoms with Crippen LogP contribution in [0.25, 0.3) is 0 Å². The summed E-state index contributed by atoms with van der Waals surface area (Å²) in [5, 5.41) is 11.7. The van der Waals surface area contributed by atoms with Gasteiger partial charge in [0.2, 0.25) is 34.8 Å². The zero-order valence-electron chi connectivity index (χ0n) is 18.6. The maximum absolute atomic E-state index is 14.0. The van der Waals surface area contributed by atoms with E-state index in [4.69, 9.17) is 16.3 Å². The lowest BCUT2D eigenvalue weighted by molar-refractivity contribution is -0.387. The zero-order valence-corrected chi connectivity index (χ0v) is 19.3. The lowest BCUT2D eigenvalue weighted by atomic mass is 9.77. The second-order valence-corrected chi connectivity index (χ2v) is 9.37. The SMILES string of the molecule is O=C1[C@@H]2[C@@H](C(=O)N1c1ccc(F)c([N+](=O)[O-])c1)C1(O[C@H]2c2ccc(Cl)cc2)C(=O)c2ccccc2C1=O. The summed E-state index contributed by atoms with van der Waals surface area (Å²) in [4.78, 5) is 66.0. The molecule has 2 fully saturated rings. The predicted molar refractivity (Wildman–Crippen MR) is 126 cm³/mol. The van der Waals surface area contributed by atoms with Crippen molar-refractivity contribution in [3.05, 3.63) is 104 Å². The van der Waals surface area contributed by atoms with E-state index in [0.29, 0.717) is 15.5 Å². The van der Waals surface area contributed by atoms with Crippen LogP contribution < -0.4 is 4.90 Å². The molecule has 0 N–H and O–H groups in total. The number of imide groups is 1. The van der Waals surface area contributed by atoms with Crippen LogP contribution in [0.1, 0.15) is 32.4 Å². The van der Waals surface area contributed by atoms with Crippen LogP contribution in [0.15, 0.2) is 66.7 Å². The van der Waals surface area contributed by atoms with Crippen molar-refractivity contribution in [1.82, 2.24) is 0 Å². The number of fused-ring (bicyclic) bond motifs is 3. The van der Waals surface area contributed by atoms with E-state index in [2.05, 4.69) is 0 Å². The van der Waals surface area contributed by atoms with Crippen molar-refractivity contribution in [3.63, 3.8) is 0 Å². The Morgan fingerprint density at radius 1 is 0.919 bits per heavy atom. The van der Waals surface area contributed by atoms with Crippen LogP contribution in [0, 0.1) is 27.8 Å². The molecule has 0 unspecified atom stereocenters. The summed E-state index contributed by atoms with van der Waals surface area (Å²) in [6.07, 6.45) is -1.18. The number of halogens is 2. The third-order valence-electron chi connectivity index (χ3n) is 7.10. The molecule has 11 heteroatoms. The number of carbonyl (C=O) groups excluding carboxylic acids is 4. The number of anilines is 1. The van der Waals surface area contributed by atoms with E-state index in [-0.39, 0.29) is 16.8 Å². The first-order valence-electron chi connectivity index (χ1n) is 11.1. The summed E-state index contributed by atoms with van der Waals surface area (Å²) in [5.41, 5.74) is -2.94. The number of nitro groups is 1. The molecule has 0 aromatic heterocycles. The molecule has 3 aromatic carbocycles. The van der Waals surface area contributed by atoms with Gasteiger partial charge in [0.25, 0.3) is 0 Å². The highest BCUT2D eigenvalue weighted by Crippen LogP contribution is 2.57. The van der Waals surface area contributed by atoms with Gasteiger partial charge in [-0.2, -0.15) is 4.39 Å². The van der Waals surface area contributed by atoms with E-state index in [9.17, 15) is 33.7 Å². The van der Waals surface area contributed by atoms with Gasteiger partial charge < -0.3 is 4.74 Å². The molecule has 2 saturated heterocycles. The van der Waals surface area contributed by atoms with E-state index in [0.717, 1.165) is 18.2 Å².